The van der Waals surface area contributed by atoms with E-state index in [1.165, 1.54) is 0 Å². The van der Waals surface area contributed by atoms with E-state index in [1.54, 1.807) is 12.4 Å². The number of anilines is 1. The summed E-state index contributed by atoms with van der Waals surface area (Å²) in [7, 11) is 0. The minimum absolute atomic E-state index is 0.165. The number of pyridine rings is 1. The monoisotopic (exact) mass is 449 g/mol. The number of nitrogens with one attached hydrogen (secondary N) is 3. The lowest BCUT2D eigenvalue weighted by Crippen LogP contribution is -2.16. The number of hydrogen-bond acceptors (Lipinski definition) is 6. The van der Waals surface area contributed by atoms with E-state index in [-0.39, 0.29) is 12.3 Å². The van der Waals surface area contributed by atoms with Gasteiger partial charge in [-0.15, -0.1) is 0 Å². The summed E-state index contributed by atoms with van der Waals surface area (Å²) in [6, 6.07) is 11.4. The minimum atomic E-state index is -0.165. The van der Waals surface area contributed by atoms with Crippen LogP contribution in [0.15, 0.2) is 48.8 Å². The van der Waals surface area contributed by atoms with E-state index in [9.17, 15) is 4.79 Å². The molecule has 0 aliphatic heterocycles. The van der Waals surface area contributed by atoms with E-state index < -0.39 is 0 Å². The van der Waals surface area contributed by atoms with Crippen LogP contribution in [0.25, 0.3) is 22.6 Å². The Balaban J connectivity index is 1.44. The van der Waals surface area contributed by atoms with E-state index in [1.807, 2.05) is 54.8 Å². The van der Waals surface area contributed by atoms with Gasteiger partial charge in [-0.3, -0.25) is 24.5 Å². The van der Waals surface area contributed by atoms with Crippen molar-refractivity contribution < 1.29 is 9.53 Å². The van der Waals surface area contributed by atoms with Crippen molar-refractivity contribution in [1.82, 2.24) is 29.9 Å². The summed E-state index contributed by atoms with van der Waals surface area (Å²) < 4.78 is 7.75. The van der Waals surface area contributed by atoms with Crippen molar-refractivity contribution in [2.75, 3.05) is 11.9 Å². The molecular formula is C22H23N7O2S. The highest BCUT2D eigenvalue weighted by Gasteiger charge is 2.15. The molecule has 4 rings (SSSR count). The number of amides is 1. The molecular weight excluding hydrogens is 426 g/mol. The summed E-state index contributed by atoms with van der Waals surface area (Å²) in [5, 5.41) is 17.2. The summed E-state index contributed by atoms with van der Waals surface area (Å²) in [5.74, 6) is 1.80. The average molecular weight is 450 g/mol. The maximum absolute atomic E-state index is 12.6. The Hall–Kier alpha value is -3.79. The summed E-state index contributed by atoms with van der Waals surface area (Å²) in [4.78, 5) is 16.6. The summed E-state index contributed by atoms with van der Waals surface area (Å²) in [5.41, 5.74) is 3.54. The van der Waals surface area contributed by atoms with Crippen LogP contribution in [-0.2, 0) is 11.3 Å². The molecule has 1 aromatic carbocycles. The number of aromatic nitrogens is 6. The fourth-order valence-electron chi connectivity index (χ4n) is 3.34. The highest BCUT2D eigenvalue weighted by molar-refractivity contribution is 7.71. The molecule has 3 heterocycles. The van der Waals surface area contributed by atoms with E-state index >= 15 is 0 Å². The van der Waals surface area contributed by atoms with Gasteiger partial charge in [0.25, 0.3) is 0 Å². The van der Waals surface area contributed by atoms with Gasteiger partial charge in [-0.1, -0.05) is 0 Å². The van der Waals surface area contributed by atoms with Crippen LogP contribution in [0.2, 0.25) is 0 Å². The smallest absolute Gasteiger partial charge is 0.227 e. The van der Waals surface area contributed by atoms with Gasteiger partial charge in [-0.25, -0.2) is 0 Å². The Bertz CT molecular complexity index is 1260. The van der Waals surface area contributed by atoms with E-state index in [0.717, 1.165) is 28.1 Å². The van der Waals surface area contributed by atoms with Gasteiger partial charge in [-0.2, -0.15) is 10.2 Å². The zero-order valence-corrected chi connectivity index (χ0v) is 18.6. The molecule has 4 aromatic rings. The molecule has 0 aliphatic carbocycles. The Morgan fingerprint density at radius 1 is 1.09 bits per heavy atom. The lowest BCUT2D eigenvalue weighted by molar-refractivity contribution is -0.116. The zero-order valence-electron chi connectivity index (χ0n) is 17.8. The molecule has 10 heteroatoms. The van der Waals surface area contributed by atoms with Crippen molar-refractivity contribution >= 4 is 23.9 Å². The second kappa shape index (κ2) is 9.56. The van der Waals surface area contributed by atoms with Crippen LogP contribution in [0, 0.1) is 11.7 Å². The van der Waals surface area contributed by atoms with Gasteiger partial charge in [0, 0.05) is 42.0 Å². The number of rotatable bonds is 8. The molecule has 0 spiro atoms. The van der Waals surface area contributed by atoms with Crippen molar-refractivity contribution in [3.63, 3.8) is 0 Å². The van der Waals surface area contributed by atoms with E-state index in [2.05, 4.69) is 30.7 Å². The predicted molar refractivity (Wildman–Crippen MR) is 124 cm³/mol. The minimum Gasteiger partial charge on any atom is -0.494 e. The molecule has 3 N–H and O–H groups in total. The standard InChI is InChI=1S/C22H23N7O2S/c1-3-31-17-6-4-16(5-7-17)21-27-28-22(32)29(21)13-10-18(30)24-20-14(2)19(25-26-20)15-8-11-23-12-9-15/h4-9,11-12H,3,10,13H2,1-2H3,(H,28,32)(H2,24,25,26,30). The maximum Gasteiger partial charge on any atom is 0.227 e. The van der Waals surface area contributed by atoms with Crippen LogP contribution >= 0.6 is 12.2 Å². The number of carbonyl (C=O) groups excluding carboxylic acids is 1. The first-order valence-corrected chi connectivity index (χ1v) is 10.6. The number of ether oxygens (including phenoxy) is 1. The largest absolute Gasteiger partial charge is 0.494 e. The molecule has 164 valence electrons. The molecule has 0 aliphatic rings. The molecule has 0 unspecified atom stereocenters. The van der Waals surface area contributed by atoms with Crippen LogP contribution in [0.1, 0.15) is 18.9 Å². The van der Waals surface area contributed by atoms with Gasteiger partial charge < -0.3 is 10.1 Å². The SMILES string of the molecule is CCOc1ccc(-c2n[nH]c(=S)n2CCC(=O)Nc2n[nH]c(-c3ccncc3)c2C)cc1. The lowest BCUT2D eigenvalue weighted by atomic mass is 10.1. The molecule has 3 aromatic heterocycles. The van der Waals surface area contributed by atoms with Gasteiger partial charge in [-0.05, 0) is 62.5 Å². The third-order valence-electron chi connectivity index (χ3n) is 4.98. The van der Waals surface area contributed by atoms with Crippen LogP contribution < -0.4 is 10.1 Å². The second-order valence-electron chi connectivity index (χ2n) is 7.07. The fourth-order valence-corrected chi connectivity index (χ4v) is 3.56. The summed E-state index contributed by atoms with van der Waals surface area (Å²) in [6.07, 6.45) is 3.64. The number of carbonyl (C=O) groups is 1. The van der Waals surface area contributed by atoms with Gasteiger partial charge in [0.15, 0.2) is 16.4 Å². The van der Waals surface area contributed by atoms with E-state index in [0.29, 0.717) is 29.6 Å². The maximum atomic E-state index is 12.6. The first kappa shape index (κ1) is 21.4. The van der Waals surface area contributed by atoms with Crippen LogP contribution in [0.3, 0.4) is 0 Å². The van der Waals surface area contributed by atoms with Crippen LogP contribution in [-0.4, -0.2) is 42.5 Å². The fraction of sp³-hybridized carbons (Fsp3) is 0.227. The molecule has 0 fully saturated rings. The third-order valence-corrected chi connectivity index (χ3v) is 5.29. The number of benzene rings is 1. The molecule has 1 amide bonds. The van der Waals surface area contributed by atoms with Crippen LogP contribution in [0.4, 0.5) is 5.82 Å². The molecule has 0 saturated carbocycles. The highest BCUT2D eigenvalue weighted by atomic mass is 32.1. The number of hydrogen-bond donors (Lipinski definition) is 3. The summed E-state index contributed by atoms with van der Waals surface area (Å²) in [6.45, 7) is 4.83. The van der Waals surface area contributed by atoms with Crippen LogP contribution in [0.5, 0.6) is 5.75 Å². The lowest BCUT2D eigenvalue weighted by Gasteiger charge is -2.08. The Labute approximate surface area is 189 Å². The predicted octanol–water partition coefficient (Wildman–Crippen LogP) is 4.13. The number of aromatic amines is 2. The van der Waals surface area contributed by atoms with Gasteiger partial charge in [0.2, 0.25) is 5.91 Å². The molecule has 0 saturated heterocycles. The van der Waals surface area contributed by atoms with Gasteiger partial charge in [0.1, 0.15) is 5.75 Å². The molecule has 32 heavy (non-hydrogen) atoms. The van der Waals surface area contributed by atoms with Crippen molar-refractivity contribution in [2.45, 2.75) is 26.8 Å². The number of nitrogens with zero attached hydrogens (tertiary/aromatic N) is 4. The topological polar surface area (TPSA) is 114 Å². The Kier molecular flexibility index (Phi) is 6.41. The summed E-state index contributed by atoms with van der Waals surface area (Å²) >= 11 is 5.37. The Morgan fingerprint density at radius 2 is 1.84 bits per heavy atom. The van der Waals surface area contributed by atoms with Gasteiger partial charge in [0.05, 0.1) is 12.3 Å². The zero-order chi connectivity index (χ0) is 22.5. The van der Waals surface area contributed by atoms with Crippen molar-refractivity contribution in [3.8, 4) is 28.4 Å². The molecule has 0 bridgehead atoms. The molecule has 0 radical (unpaired) electrons. The molecule has 0 atom stereocenters. The quantitative estimate of drug-likeness (QED) is 0.349. The van der Waals surface area contributed by atoms with Crippen molar-refractivity contribution in [1.29, 1.82) is 0 Å². The first-order chi connectivity index (χ1) is 15.6. The van der Waals surface area contributed by atoms with Gasteiger partial charge >= 0.3 is 0 Å². The third kappa shape index (κ3) is 4.59. The van der Waals surface area contributed by atoms with Crippen molar-refractivity contribution in [2.24, 2.45) is 0 Å². The van der Waals surface area contributed by atoms with E-state index in [4.69, 9.17) is 17.0 Å². The second-order valence-corrected chi connectivity index (χ2v) is 7.45. The highest BCUT2D eigenvalue weighted by Crippen LogP contribution is 2.25. The number of H-pyrrole nitrogens is 2. The first-order valence-electron chi connectivity index (χ1n) is 10.2. The average Bonchev–Trinajstić information content (AvgIpc) is 3.36. The Morgan fingerprint density at radius 3 is 2.56 bits per heavy atom. The normalized spacial score (nSPS) is 10.8. The molecule has 9 nitrogen and oxygen atoms in total. The van der Waals surface area contributed by atoms with Crippen molar-refractivity contribution in [3.05, 3.63) is 59.1 Å².